The van der Waals surface area contributed by atoms with Crippen molar-refractivity contribution in [3.63, 3.8) is 0 Å². The molecule has 2 aromatic carbocycles. The van der Waals surface area contributed by atoms with Crippen LogP contribution >= 0.6 is 0 Å². The molecule has 0 saturated carbocycles. The van der Waals surface area contributed by atoms with E-state index in [1.54, 1.807) is 38.1 Å². The highest BCUT2D eigenvalue weighted by Crippen LogP contribution is 2.20. The molecule has 0 saturated heterocycles. The molecule has 118 valence electrons. The third kappa shape index (κ3) is 3.88. The van der Waals surface area contributed by atoms with Crippen molar-refractivity contribution >= 4 is 22.8 Å². The van der Waals surface area contributed by atoms with E-state index in [1.807, 2.05) is 0 Å². The summed E-state index contributed by atoms with van der Waals surface area (Å²) in [6.07, 6.45) is 0. The van der Waals surface area contributed by atoms with E-state index in [0.29, 0.717) is 22.5 Å². The second-order valence-corrected chi connectivity index (χ2v) is 4.87. The van der Waals surface area contributed by atoms with Gasteiger partial charge in [-0.2, -0.15) is 5.10 Å². The summed E-state index contributed by atoms with van der Waals surface area (Å²) in [6.45, 7) is 3.36. The van der Waals surface area contributed by atoms with E-state index in [0.717, 1.165) is 0 Å². The van der Waals surface area contributed by atoms with E-state index < -0.39 is 9.85 Å². The van der Waals surface area contributed by atoms with Gasteiger partial charge in [0.25, 0.3) is 11.4 Å². The highest BCUT2D eigenvalue weighted by Gasteiger charge is 2.12. The number of hydrogen-bond acceptors (Lipinski definition) is 6. The molecule has 0 fully saturated rings. The van der Waals surface area contributed by atoms with Crippen LogP contribution in [0.15, 0.2) is 47.6 Å². The molecule has 8 heteroatoms. The lowest BCUT2D eigenvalue weighted by molar-refractivity contribution is -0.385. The zero-order valence-corrected chi connectivity index (χ0v) is 12.5. The molecule has 0 heterocycles. The van der Waals surface area contributed by atoms with E-state index in [1.165, 1.54) is 18.2 Å². The van der Waals surface area contributed by atoms with Gasteiger partial charge >= 0.3 is 0 Å². The fourth-order valence-electron chi connectivity index (χ4n) is 1.93. The zero-order valence-electron chi connectivity index (χ0n) is 12.5. The lowest BCUT2D eigenvalue weighted by atomic mass is 10.1. The third-order valence-corrected chi connectivity index (χ3v) is 3.23. The zero-order chi connectivity index (χ0) is 17.0. The molecule has 0 amide bonds. The highest BCUT2D eigenvalue weighted by molar-refractivity contribution is 5.99. The predicted octanol–water partition coefficient (Wildman–Crippen LogP) is 3.65. The summed E-state index contributed by atoms with van der Waals surface area (Å²) in [5.41, 5.74) is 4.84. The van der Waals surface area contributed by atoms with Crippen LogP contribution in [0.1, 0.15) is 18.1 Å². The Morgan fingerprint density at radius 1 is 1.09 bits per heavy atom. The maximum absolute atomic E-state index is 11.0. The first-order valence-corrected chi connectivity index (χ1v) is 6.68. The summed E-state index contributed by atoms with van der Waals surface area (Å²) < 4.78 is 0. The minimum Gasteiger partial charge on any atom is -0.278 e. The molecule has 1 N–H and O–H groups in total. The van der Waals surface area contributed by atoms with E-state index >= 15 is 0 Å². The molecule has 0 aliphatic heterocycles. The van der Waals surface area contributed by atoms with Gasteiger partial charge in [-0.05, 0) is 19.9 Å². The van der Waals surface area contributed by atoms with Crippen molar-refractivity contribution in [2.24, 2.45) is 5.10 Å². The average molecular weight is 314 g/mol. The van der Waals surface area contributed by atoms with Crippen molar-refractivity contribution in [1.82, 2.24) is 0 Å². The van der Waals surface area contributed by atoms with Crippen LogP contribution in [-0.4, -0.2) is 15.6 Å². The monoisotopic (exact) mass is 314 g/mol. The van der Waals surface area contributed by atoms with Crippen molar-refractivity contribution in [3.8, 4) is 0 Å². The molecule has 0 aliphatic rings. The minimum atomic E-state index is -0.495. The number of anilines is 1. The van der Waals surface area contributed by atoms with Gasteiger partial charge in [-0.3, -0.25) is 25.7 Å². The first-order chi connectivity index (χ1) is 10.9. The van der Waals surface area contributed by atoms with Crippen LogP contribution in [0, 0.1) is 27.2 Å². The maximum atomic E-state index is 11.0. The maximum Gasteiger partial charge on any atom is 0.272 e. The number of benzene rings is 2. The first-order valence-electron chi connectivity index (χ1n) is 6.68. The Balaban J connectivity index is 2.23. The van der Waals surface area contributed by atoms with Gasteiger partial charge in [0, 0.05) is 29.3 Å². The number of nitrogens with zero attached hydrogens (tertiary/aromatic N) is 3. The van der Waals surface area contributed by atoms with Crippen LogP contribution in [0.5, 0.6) is 0 Å². The third-order valence-electron chi connectivity index (χ3n) is 3.23. The van der Waals surface area contributed by atoms with Gasteiger partial charge in [-0.1, -0.05) is 18.2 Å². The molecule has 23 heavy (non-hydrogen) atoms. The Bertz CT molecular complexity index is 802. The van der Waals surface area contributed by atoms with Crippen molar-refractivity contribution in [3.05, 3.63) is 73.8 Å². The standard InChI is InChI=1S/C15H14N4O4/c1-10-6-7-12(8-15(10)19(22)23)11(2)16-17-13-4-3-5-14(9-13)18(20)21/h3-9,17H,1-2H3/b16-11-. The van der Waals surface area contributed by atoms with E-state index in [2.05, 4.69) is 10.5 Å². The quantitative estimate of drug-likeness (QED) is 0.514. The van der Waals surface area contributed by atoms with Crippen LogP contribution in [-0.2, 0) is 0 Å². The number of nitrogens with one attached hydrogen (secondary N) is 1. The van der Waals surface area contributed by atoms with Gasteiger partial charge in [0.15, 0.2) is 0 Å². The van der Waals surface area contributed by atoms with Crippen molar-refractivity contribution in [1.29, 1.82) is 0 Å². The molecule has 2 aromatic rings. The van der Waals surface area contributed by atoms with E-state index in [4.69, 9.17) is 0 Å². The number of hydrogen-bond donors (Lipinski definition) is 1. The van der Waals surface area contributed by atoms with Crippen LogP contribution in [0.3, 0.4) is 0 Å². The van der Waals surface area contributed by atoms with Crippen LogP contribution in [0.25, 0.3) is 0 Å². The second kappa shape index (κ2) is 6.65. The lowest BCUT2D eigenvalue weighted by Crippen LogP contribution is -2.02. The highest BCUT2D eigenvalue weighted by atomic mass is 16.6. The molecule has 0 unspecified atom stereocenters. The minimum absolute atomic E-state index is 0.0207. The predicted molar refractivity (Wildman–Crippen MR) is 86.8 cm³/mol. The van der Waals surface area contributed by atoms with Gasteiger partial charge in [0.1, 0.15) is 0 Å². The number of aryl methyl sites for hydroxylation is 1. The Morgan fingerprint density at radius 2 is 1.83 bits per heavy atom. The molecule has 0 atom stereocenters. The average Bonchev–Trinajstić information content (AvgIpc) is 2.53. The molecule has 0 radical (unpaired) electrons. The number of nitro groups is 2. The topological polar surface area (TPSA) is 111 Å². The summed E-state index contributed by atoms with van der Waals surface area (Å²) in [5, 5.41) is 25.8. The lowest BCUT2D eigenvalue weighted by Gasteiger charge is -2.05. The largest absolute Gasteiger partial charge is 0.278 e. The second-order valence-electron chi connectivity index (χ2n) is 4.87. The molecule has 8 nitrogen and oxygen atoms in total. The summed E-state index contributed by atoms with van der Waals surface area (Å²) >= 11 is 0. The summed E-state index contributed by atoms with van der Waals surface area (Å²) in [4.78, 5) is 20.7. The number of hydrazone groups is 1. The van der Waals surface area contributed by atoms with Gasteiger partial charge in [-0.15, -0.1) is 0 Å². The van der Waals surface area contributed by atoms with Crippen LogP contribution in [0.2, 0.25) is 0 Å². The molecule has 0 spiro atoms. The Morgan fingerprint density at radius 3 is 2.48 bits per heavy atom. The Hall–Kier alpha value is -3.29. The van der Waals surface area contributed by atoms with Gasteiger partial charge < -0.3 is 0 Å². The Kier molecular flexibility index (Phi) is 4.65. The van der Waals surface area contributed by atoms with E-state index in [9.17, 15) is 20.2 Å². The van der Waals surface area contributed by atoms with Gasteiger partial charge in [0.05, 0.1) is 21.2 Å². The van der Waals surface area contributed by atoms with Crippen molar-refractivity contribution in [2.75, 3.05) is 5.43 Å². The summed E-state index contributed by atoms with van der Waals surface area (Å²) in [6, 6.07) is 10.8. The van der Waals surface area contributed by atoms with Crippen LogP contribution in [0.4, 0.5) is 17.1 Å². The summed E-state index contributed by atoms with van der Waals surface area (Å²) in [5.74, 6) is 0. The smallest absolute Gasteiger partial charge is 0.272 e. The Labute approximate surface area is 131 Å². The number of non-ortho nitro benzene ring substituents is 1. The number of rotatable bonds is 5. The fourth-order valence-corrected chi connectivity index (χ4v) is 1.93. The molecule has 2 rings (SSSR count). The van der Waals surface area contributed by atoms with Crippen LogP contribution < -0.4 is 5.43 Å². The van der Waals surface area contributed by atoms with Crippen molar-refractivity contribution < 1.29 is 9.85 Å². The number of nitro benzene ring substituents is 2. The molecule has 0 aromatic heterocycles. The van der Waals surface area contributed by atoms with Gasteiger partial charge in [-0.25, -0.2) is 0 Å². The molecule has 0 aliphatic carbocycles. The normalized spacial score (nSPS) is 11.1. The summed E-state index contributed by atoms with van der Waals surface area (Å²) in [7, 11) is 0. The first kappa shape index (κ1) is 16.1. The van der Waals surface area contributed by atoms with Crippen molar-refractivity contribution in [2.45, 2.75) is 13.8 Å². The molecular weight excluding hydrogens is 300 g/mol. The fraction of sp³-hybridized carbons (Fsp3) is 0.133. The van der Waals surface area contributed by atoms with E-state index in [-0.39, 0.29) is 11.4 Å². The van der Waals surface area contributed by atoms with Gasteiger partial charge in [0.2, 0.25) is 0 Å². The molecule has 0 bridgehead atoms. The molecular formula is C15H14N4O4. The SMILES string of the molecule is C/C(=N/Nc1cccc([N+](=O)[O-])c1)c1ccc(C)c([N+](=O)[O-])c1.